The lowest BCUT2D eigenvalue weighted by Crippen LogP contribution is -2.25. The van der Waals surface area contributed by atoms with Gasteiger partial charge in [-0.2, -0.15) is 13.2 Å². The van der Waals surface area contributed by atoms with Crippen LogP contribution in [0.15, 0.2) is 42.5 Å². The van der Waals surface area contributed by atoms with E-state index in [0.717, 1.165) is 29.5 Å². The van der Waals surface area contributed by atoms with E-state index in [9.17, 15) is 22.8 Å². The SMILES string of the molecule is CC(=O)N1CCc2cc(NC(=O)C=Cc3ccc(Cl)c(C(F)(F)F)c3)ccc21. The van der Waals surface area contributed by atoms with Crippen molar-refractivity contribution in [2.45, 2.75) is 19.5 Å². The van der Waals surface area contributed by atoms with Gasteiger partial charge in [0.15, 0.2) is 0 Å². The Balaban J connectivity index is 1.71. The molecule has 2 aromatic rings. The van der Waals surface area contributed by atoms with Crippen LogP contribution in [0.25, 0.3) is 6.08 Å². The quantitative estimate of drug-likeness (QED) is 0.733. The van der Waals surface area contributed by atoms with Gasteiger partial charge in [0.1, 0.15) is 0 Å². The van der Waals surface area contributed by atoms with Crippen molar-refractivity contribution in [2.75, 3.05) is 16.8 Å². The minimum Gasteiger partial charge on any atom is -0.323 e. The van der Waals surface area contributed by atoms with Gasteiger partial charge in [0.25, 0.3) is 0 Å². The molecule has 2 amide bonds. The van der Waals surface area contributed by atoms with E-state index in [1.807, 2.05) is 0 Å². The molecule has 8 heteroatoms. The molecule has 0 atom stereocenters. The molecule has 1 heterocycles. The monoisotopic (exact) mass is 408 g/mol. The second-order valence-electron chi connectivity index (χ2n) is 6.32. The minimum atomic E-state index is -4.57. The van der Waals surface area contributed by atoms with Crippen molar-refractivity contribution in [1.29, 1.82) is 0 Å². The molecule has 0 saturated heterocycles. The molecule has 28 heavy (non-hydrogen) atoms. The molecule has 0 radical (unpaired) electrons. The van der Waals surface area contributed by atoms with Gasteiger partial charge in [0.2, 0.25) is 11.8 Å². The van der Waals surface area contributed by atoms with Crippen LogP contribution in [0.5, 0.6) is 0 Å². The lowest BCUT2D eigenvalue weighted by atomic mass is 10.1. The molecule has 4 nitrogen and oxygen atoms in total. The second-order valence-corrected chi connectivity index (χ2v) is 6.73. The van der Waals surface area contributed by atoms with E-state index >= 15 is 0 Å². The number of halogens is 4. The summed E-state index contributed by atoms with van der Waals surface area (Å²) < 4.78 is 38.7. The molecule has 2 aromatic carbocycles. The maximum absolute atomic E-state index is 12.9. The summed E-state index contributed by atoms with van der Waals surface area (Å²) in [4.78, 5) is 25.3. The first-order valence-electron chi connectivity index (χ1n) is 8.42. The minimum absolute atomic E-state index is 0.0420. The molecule has 0 aliphatic carbocycles. The number of nitrogens with zero attached hydrogens (tertiary/aromatic N) is 1. The van der Waals surface area contributed by atoms with Crippen LogP contribution in [0.1, 0.15) is 23.6 Å². The van der Waals surface area contributed by atoms with Crippen LogP contribution in [-0.4, -0.2) is 18.4 Å². The normalized spacial score (nSPS) is 13.7. The number of nitrogens with one attached hydrogen (secondary N) is 1. The average Bonchev–Trinajstić information content (AvgIpc) is 3.03. The second kappa shape index (κ2) is 7.67. The highest BCUT2D eigenvalue weighted by atomic mass is 35.5. The van der Waals surface area contributed by atoms with Gasteiger partial charge in [-0.1, -0.05) is 17.7 Å². The highest BCUT2D eigenvalue weighted by Crippen LogP contribution is 2.35. The van der Waals surface area contributed by atoms with Crippen LogP contribution in [0.2, 0.25) is 5.02 Å². The number of hydrogen-bond donors (Lipinski definition) is 1. The van der Waals surface area contributed by atoms with Gasteiger partial charge in [0.05, 0.1) is 10.6 Å². The van der Waals surface area contributed by atoms with Gasteiger partial charge in [-0.3, -0.25) is 9.59 Å². The zero-order valence-corrected chi connectivity index (χ0v) is 15.6. The number of fused-ring (bicyclic) bond motifs is 1. The molecule has 1 aliphatic heterocycles. The zero-order chi connectivity index (χ0) is 20.5. The third-order valence-corrected chi connectivity index (χ3v) is 4.68. The summed E-state index contributed by atoms with van der Waals surface area (Å²) in [6.07, 6.45) is -1.44. The third kappa shape index (κ3) is 4.36. The van der Waals surface area contributed by atoms with Crippen LogP contribution in [0.4, 0.5) is 24.5 Å². The first-order chi connectivity index (χ1) is 13.1. The first-order valence-corrected chi connectivity index (χ1v) is 8.80. The fraction of sp³-hybridized carbons (Fsp3) is 0.200. The maximum atomic E-state index is 12.9. The summed E-state index contributed by atoms with van der Waals surface area (Å²) in [5, 5.41) is 2.27. The Morgan fingerprint density at radius 2 is 1.93 bits per heavy atom. The lowest BCUT2D eigenvalue weighted by Gasteiger charge is -2.14. The number of carbonyl (C=O) groups excluding carboxylic acids is 2. The zero-order valence-electron chi connectivity index (χ0n) is 14.8. The number of rotatable bonds is 3. The summed E-state index contributed by atoms with van der Waals surface area (Å²) >= 11 is 5.58. The molecular weight excluding hydrogens is 393 g/mol. The van der Waals surface area contributed by atoms with Crippen molar-refractivity contribution in [3.63, 3.8) is 0 Å². The van der Waals surface area contributed by atoms with E-state index in [1.165, 1.54) is 19.1 Å². The molecule has 0 fully saturated rings. The van der Waals surface area contributed by atoms with E-state index in [0.29, 0.717) is 18.7 Å². The van der Waals surface area contributed by atoms with Crippen LogP contribution in [0, 0.1) is 0 Å². The van der Waals surface area contributed by atoms with Gasteiger partial charge in [0, 0.05) is 30.9 Å². The van der Waals surface area contributed by atoms with E-state index < -0.39 is 22.7 Å². The number of hydrogen-bond acceptors (Lipinski definition) is 2. The van der Waals surface area contributed by atoms with E-state index in [2.05, 4.69) is 5.32 Å². The van der Waals surface area contributed by atoms with Gasteiger partial charge >= 0.3 is 6.18 Å². The number of anilines is 2. The average molecular weight is 409 g/mol. The van der Waals surface area contributed by atoms with Crippen LogP contribution >= 0.6 is 11.6 Å². The smallest absolute Gasteiger partial charge is 0.323 e. The molecule has 3 rings (SSSR count). The lowest BCUT2D eigenvalue weighted by molar-refractivity contribution is -0.137. The largest absolute Gasteiger partial charge is 0.417 e. The summed E-state index contributed by atoms with van der Waals surface area (Å²) in [6, 6.07) is 8.65. The predicted molar refractivity (Wildman–Crippen MR) is 102 cm³/mol. The number of amides is 2. The van der Waals surface area contributed by atoms with E-state index in [4.69, 9.17) is 11.6 Å². The highest BCUT2D eigenvalue weighted by Gasteiger charge is 2.33. The molecule has 0 bridgehead atoms. The predicted octanol–water partition coefficient (Wildman–Crippen LogP) is 4.92. The fourth-order valence-corrected chi connectivity index (χ4v) is 3.25. The number of carbonyl (C=O) groups is 2. The first kappa shape index (κ1) is 19.9. The van der Waals surface area contributed by atoms with Crippen LogP contribution in [0.3, 0.4) is 0 Å². The van der Waals surface area contributed by atoms with Crippen molar-refractivity contribution in [3.05, 3.63) is 64.2 Å². The summed E-state index contributed by atoms with van der Waals surface area (Å²) in [7, 11) is 0. The summed E-state index contributed by atoms with van der Waals surface area (Å²) in [6.45, 7) is 2.09. The number of alkyl halides is 3. The molecule has 0 unspecified atom stereocenters. The molecule has 0 spiro atoms. The van der Waals surface area contributed by atoms with Gasteiger partial charge in [-0.05, 0) is 54.0 Å². The summed E-state index contributed by atoms with van der Waals surface area (Å²) in [5.41, 5.74) is 1.57. The fourth-order valence-electron chi connectivity index (χ4n) is 3.03. The van der Waals surface area contributed by atoms with Crippen molar-refractivity contribution in [1.82, 2.24) is 0 Å². The molecular formula is C20H16ClF3N2O2. The Bertz CT molecular complexity index is 970. The van der Waals surface area contributed by atoms with Crippen molar-refractivity contribution in [3.8, 4) is 0 Å². The standard InChI is InChI=1S/C20H16ClF3N2O2/c1-12(27)26-9-8-14-11-15(4-6-18(14)26)25-19(28)7-3-13-2-5-17(21)16(10-13)20(22,23)24/h2-7,10-11H,8-9H2,1H3,(H,25,28). The Labute approximate surface area is 164 Å². The number of benzene rings is 2. The van der Waals surface area contributed by atoms with E-state index in [1.54, 1.807) is 23.1 Å². The summed E-state index contributed by atoms with van der Waals surface area (Å²) in [5.74, 6) is -0.524. The maximum Gasteiger partial charge on any atom is 0.417 e. The Kier molecular flexibility index (Phi) is 5.47. The van der Waals surface area contributed by atoms with Gasteiger partial charge < -0.3 is 10.2 Å². The third-order valence-electron chi connectivity index (χ3n) is 4.35. The molecule has 146 valence electrons. The van der Waals surface area contributed by atoms with Gasteiger partial charge in [-0.25, -0.2) is 0 Å². The molecule has 1 aliphatic rings. The molecule has 0 saturated carbocycles. The molecule has 1 N–H and O–H groups in total. The van der Waals surface area contributed by atoms with E-state index in [-0.39, 0.29) is 11.5 Å². The van der Waals surface area contributed by atoms with Crippen LogP contribution < -0.4 is 10.2 Å². The van der Waals surface area contributed by atoms with Crippen molar-refractivity contribution in [2.24, 2.45) is 0 Å². The highest BCUT2D eigenvalue weighted by molar-refractivity contribution is 6.31. The Hall–Kier alpha value is -2.80. The van der Waals surface area contributed by atoms with Crippen molar-refractivity contribution >= 4 is 40.9 Å². The Morgan fingerprint density at radius 3 is 2.61 bits per heavy atom. The van der Waals surface area contributed by atoms with Gasteiger partial charge in [-0.15, -0.1) is 0 Å². The molecule has 0 aromatic heterocycles. The van der Waals surface area contributed by atoms with Crippen molar-refractivity contribution < 1.29 is 22.8 Å². The topological polar surface area (TPSA) is 49.4 Å². The Morgan fingerprint density at radius 1 is 1.18 bits per heavy atom. The van der Waals surface area contributed by atoms with Crippen LogP contribution in [-0.2, 0) is 22.2 Å².